The molecule has 2 nitrogen and oxygen atoms in total. The van der Waals surface area contributed by atoms with Crippen molar-refractivity contribution >= 4 is 15.9 Å². The zero-order valence-electron chi connectivity index (χ0n) is 10.1. The minimum absolute atomic E-state index is 0.801. The van der Waals surface area contributed by atoms with Crippen molar-refractivity contribution in [3.63, 3.8) is 0 Å². The summed E-state index contributed by atoms with van der Waals surface area (Å²) in [5, 5.41) is 0. The van der Waals surface area contributed by atoms with Crippen LogP contribution >= 0.6 is 15.9 Å². The van der Waals surface area contributed by atoms with Gasteiger partial charge in [-0.2, -0.15) is 0 Å². The zero-order valence-corrected chi connectivity index (χ0v) is 11.7. The van der Waals surface area contributed by atoms with Crippen LogP contribution in [-0.2, 0) is 11.3 Å². The van der Waals surface area contributed by atoms with E-state index in [2.05, 4.69) is 52.0 Å². The van der Waals surface area contributed by atoms with Gasteiger partial charge in [0.15, 0.2) is 0 Å². The molecule has 0 fully saturated rings. The molecule has 0 saturated carbocycles. The van der Waals surface area contributed by atoms with Crippen molar-refractivity contribution in [3.8, 4) is 0 Å². The molecular formula is C13H20BrNO. The summed E-state index contributed by atoms with van der Waals surface area (Å²) in [6.45, 7) is 8.90. The molecule has 0 unspecified atom stereocenters. The first-order valence-corrected chi connectivity index (χ1v) is 6.60. The highest BCUT2D eigenvalue weighted by molar-refractivity contribution is 9.10. The lowest BCUT2D eigenvalue weighted by atomic mass is 10.2. The van der Waals surface area contributed by atoms with E-state index in [9.17, 15) is 0 Å². The molecule has 0 N–H and O–H groups in total. The molecule has 90 valence electrons. The van der Waals surface area contributed by atoms with Crippen LogP contribution in [0.3, 0.4) is 0 Å². The first-order valence-electron chi connectivity index (χ1n) is 5.80. The van der Waals surface area contributed by atoms with E-state index in [1.54, 1.807) is 0 Å². The number of halogens is 1. The summed E-state index contributed by atoms with van der Waals surface area (Å²) in [6.07, 6.45) is 0. The molecule has 0 radical (unpaired) electrons. The van der Waals surface area contributed by atoms with E-state index in [0.29, 0.717) is 0 Å². The second kappa shape index (κ2) is 7.82. The van der Waals surface area contributed by atoms with Gasteiger partial charge in [0.1, 0.15) is 0 Å². The predicted molar refractivity (Wildman–Crippen MR) is 71.6 cm³/mol. The normalized spacial score (nSPS) is 11.0. The van der Waals surface area contributed by atoms with Gasteiger partial charge in [0, 0.05) is 24.2 Å². The minimum atomic E-state index is 0.801. The number of benzene rings is 1. The zero-order chi connectivity index (χ0) is 11.8. The van der Waals surface area contributed by atoms with Crippen LogP contribution in [0.2, 0.25) is 0 Å². The van der Waals surface area contributed by atoms with E-state index in [-0.39, 0.29) is 0 Å². The van der Waals surface area contributed by atoms with Crippen molar-refractivity contribution in [2.75, 3.05) is 26.3 Å². The Morgan fingerprint density at radius 2 is 1.88 bits per heavy atom. The number of likely N-dealkylation sites (N-methyl/N-ethyl adjacent to an activating group) is 1. The van der Waals surface area contributed by atoms with Gasteiger partial charge in [-0.3, -0.25) is 4.90 Å². The summed E-state index contributed by atoms with van der Waals surface area (Å²) < 4.78 is 6.51. The van der Waals surface area contributed by atoms with Crippen LogP contribution in [0, 0.1) is 0 Å². The first-order chi connectivity index (χ1) is 7.76. The van der Waals surface area contributed by atoms with Gasteiger partial charge >= 0.3 is 0 Å². The highest BCUT2D eigenvalue weighted by atomic mass is 79.9. The van der Waals surface area contributed by atoms with Crippen molar-refractivity contribution in [1.29, 1.82) is 0 Å². The molecule has 0 bridgehead atoms. The van der Waals surface area contributed by atoms with Crippen LogP contribution in [0.5, 0.6) is 0 Å². The largest absolute Gasteiger partial charge is 0.380 e. The molecule has 0 aliphatic rings. The Morgan fingerprint density at radius 1 is 1.19 bits per heavy atom. The molecule has 1 aromatic rings. The number of hydrogen-bond donors (Lipinski definition) is 0. The Hall–Kier alpha value is -0.380. The van der Waals surface area contributed by atoms with Crippen LogP contribution in [0.1, 0.15) is 19.4 Å². The van der Waals surface area contributed by atoms with Crippen molar-refractivity contribution in [2.45, 2.75) is 20.4 Å². The lowest BCUT2D eigenvalue weighted by Crippen LogP contribution is -2.27. The Bertz CT molecular complexity index is 286. The Morgan fingerprint density at radius 3 is 2.44 bits per heavy atom. The number of nitrogens with zero attached hydrogens (tertiary/aromatic N) is 1. The molecule has 0 spiro atoms. The summed E-state index contributed by atoms with van der Waals surface area (Å²) in [4.78, 5) is 2.39. The summed E-state index contributed by atoms with van der Waals surface area (Å²) in [5.74, 6) is 0. The van der Waals surface area contributed by atoms with Crippen LogP contribution in [0.4, 0.5) is 0 Å². The maximum Gasteiger partial charge on any atom is 0.0593 e. The van der Waals surface area contributed by atoms with Gasteiger partial charge in [-0.05, 0) is 31.2 Å². The summed E-state index contributed by atoms with van der Waals surface area (Å²) in [5.41, 5.74) is 1.35. The van der Waals surface area contributed by atoms with E-state index in [4.69, 9.17) is 4.74 Å². The van der Waals surface area contributed by atoms with Gasteiger partial charge < -0.3 is 4.74 Å². The molecule has 3 heteroatoms. The summed E-state index contributed by atoms with van der Waals surface area (Å²) in [6, 6.07) is 8.50. The molecule has 1 rings (SSSR count). The molecular weight excluding hydrogens is 266 g/mol. The topological polar surface area (TPSA) is 12.5 Å². The maximum atomic E-state index is 5.37. The van der Waals surface area contributed by atoms with E-state index in [0.717, 1.165) is 37.3 Å². The fourth-order valence-corrected chi connectivity index (χ4v) is 1.80. The Labute approximate surface area is 107 Å². The molecule has 16 heavy (non-hydrogen) atoms. The fourth-order valence-electron chi connectivity index (χ4n) is 1.53. The van der Waals surface area contributed by atoms with E-state index in [1.165, 1.54) is 5.56 Å². The number of ether oxygens (including phenoxy) is 1. The smallest absolute Gasteiger partial charge is 0.0593 e. The van der Waals surface area contributed by atoms with Crippen LogP contribution in [0.15, 0.2) is 28.7 Å². The number of hydrogen-bond acceptors (Lipinski definition) is 2. The molecule has 0 aromatic heterocycles. The molecule has 0 heterocycles. The van der Waals surface area contributed by atoms with Crippen molar-refractivity contribution < 1.29 is 4.74 Å². The highest BCUT2D eigenvalue weighted by Gasteiger charge is 2.03. The molecule has 0 aliphatic carbocycles. The second-order valence-electron chi connectivity index (χ2n) is 3.69. The van der Waals surface area contributed by atoms with Crippen LogP contribution in [-0.4, -0.2) is 31.2 Å². The number of rotatable bonds is 7. The lowest BCUT2D eigenvalue weighted by Gasteiger charge is -2.20. The van der Waals surface area contributed by atoms with Crippen molar-refractivity contribution in [1.82, 2.24) is 4.90 Å². The van der Waals surface area contributed by atoms with Gasteiger partial charge in [-0.25, -0.2) is 0 Å². The average Bonchev–Trinajstić information content (AvgIpc) is 2.31. The average molecular weight is 286 g/mol. The molecule has 1 aromatic carbocycles. The lowest BCUT2D eigenvalue weighted by molar-refractivity contribution is 0.113. The van der Waals surface area contributed by atoms with Crippen LogP contribution < -0.4 is 0 Å². The van der Waals surface area contributed by atoms with E-state index < -0.39 is 0 Å². The monoisotopic (exact) mass is 285 g/mol. The minimum Gasteiger partial charge on any atom is -0.380 e. The third kappa shape index (κ3) is 5.10. The second-order valence-corrected chi connectivity index (χ2v) is 4.61. The quantitative estimate of drug-likeness (QED) is 0.713. The summed E-state index contributed by atoms with van der Waals surface area (Å²) >= 11 is 3.45. The van der Waals surface area contributed by atoms with E-state index in [1.807, 2.05) is 6.92 Å². The molecule has 0 aliphatic heterocycles. The van der Waals surface area contributed by atoms with Crippen molar-refractivity contribution in [3.05, 3.63) is 34.3 Å². The maximum absolute atomic E-state index is 5.37. The van der Waals surface area contributed by atoms with Gasteiger partial charge in [0.05, 0.1) is 6.61 Å². The first kappa shape index (κ1) is 13.7. The van der Waals surface area contributed by atoms with Gasteiger partial charge in [-0.15, -0.1) is 0 Å². The fraction of sp³-hybridized carbons (Fsp3) is 0.538. The Balaban J connectivity index is 2.40. The molecule has 0 amide bonds. The van der Waals surface area contributed by atoms with Gasteiger partial charge in [0.25, 0.3) is 0 Å². The van der Waals surface area contributed by atoms with E-state index >= 15 is 0 Å². The highest BCUT2D eigenvalue weighted by Crippen LogP contribution is 2.12. The standard InChI is InChI=1S/C13H20BrNO/c1-3-15(9-10-16-4-2)11-12-5-7-13(14)8-6-12/h5-8H,3-4,9-11H2,1-2H3. The summed E-state index contributed by atoms with van der Waals surface area (Å²) in [7, 11) is 0. The third-order valence-electron chi connectivity index (χ3n) is 2.52. The van der Waals surface area contributed by atoms with Gasteiger partial charge in [0.2, 0.25) is 0 Å². The molecule has 0 atom stereocenters. The van der Waals surface area contributed by atoms with Crippen molar-refractivity contribution in [2.24, 2.45) is 0 Å². The third-order valence-corrected chi connectivity index (χ3v) is 3.05. The van der Waals surface area contributed by atoms with Gasteiger partial charge in [-0.1, -0.05) is 35.0 Å². The predicted octanol–water partition coefficient (Wildman–Crippen LogP) is 3.31. The Kier molecular flexibility index (Phi) is 6.69. The molecule has 0 saturated heterocycles. The SMILES string of the molecule is CCOCCN(CC)Cc1ccc(Br)cc1. The van der Waals surface area contributed by atoms with Crippen LogP contribution in [0.25, 0.3) is 0 Å².